The maximum atomic E-state index is 11.9. The van der Waals surface area contributed by atoms with Crippen molar-refractivity contribution in [2.45, 2.75) is 116 Å². The summed E-state index contributed by atoms with van der Waals surface area (Å²) < 4.78 is 26.7. The average molecular weight is 1250 g/mol. The van der Waals surface area contributed by atoms with Gasteiger partial charge in [-0.25, -0.2) is 0 Å². The molecule has 2 saturated heterocycles. The standard InChI is InChI=1S/C85H84O5S2/c1-5-80(6-2,61-37-41-67(42-38-61)85(70-47-51-73(52-48-70)88-55-74-57-91-74)60-83(65-29-17-11-18-30-65,66-31-19-12-20-32-66)77-34-22-24-36-79(77)85)89-54-71(86)53-87-72-49-45-69(46-50-72)84(68-43-39-62(40-44-68)81(7-3,8-4)90-56-75-58-92-75)59-82(63-25-13-9-14-26-63,64-27-15-10-16-28-64)76-33-21-23-35-78(76)84/h9-52,71,74-75,86H,5-8,53-60H2,1-4H3. The van der Waals surface area contributed by atoms with Crippen LogP contribution in [-0.4, -0.2) is 59.6 Å². The number of thioether (sulfide) groups is 2. The minimum Gasteiger partial charge on any atom is -0.492 e. The summed E-state index contributed by atoms with van der Waals surface area (Å²) in [7, 11) is 0. The lowest BCUT2D eigenvalue weighted by Crippen LogP contribution is -2.35. The summed E-state index contributed by atoms with van der Waals surface area (Å²) in [4.78, 5) is 0. The number of hydrogen-bond donors (Lipinski definition) is 1. The van der Waals surface area contributed by atoms with Gasteiger partial charge in [-0.3, -0.25) is 0 Å². The Morgan fingerprint density at radius 2 is 0.630 bits per heavy atom. The molecule has 5 nitrogen and oxygen atoms in total. The van der Waals surface area contributed by atoms with Crippen molar-refractivity contribution in [3.8, 4) is 11.5 Å². The largest absolute Gasteiger partial charge is 0.492 e. The van der Waals surface area contributed by atoms with Crippen LogP contribution >= 0.6 is 23.5 Å². The molecule has 0 aromatic heterocycles. The van der Waals surface area contributed by atoms with Crippen molar-refractivity contribution < 1.29 is 24.1 Å². The lowest BCUT2D eigenvalue weighted by Gasteiger charge is -2.38. The molecule has 2 aliphatic carbocycles. The van der Waals surface area contributed by atoms with Crippen molar-refractivity contribution in [3.63, 3.8) is 0 Å². The van der Waals surface area contributed by atoms with Crippen LogP contribution in [0.5, 0.6) is 11.5 Å². The van der Waals surface area contributed by atoms with Crippen molar-refractivity contribution in [1.82, 2.24) is 0 Å². The van der Waals surface area contributed by atoms with Crippen molar-refractivity contribution in [2.24, 2.45) is 0 Å². The summed E-state index contributed by atoms with van der Waals surface area (Å²) in [6, 6.07) is 99.0. The second kappa shape index (κ2) is 26.1. The van der Waals surface area contributed by atoms with Crippen LogP contribution in [0, 0.1) is 0 Å². The highest BCUT2D eigenvalue weighted by atomic mass is 32.2. The highest BCUT2D eigenvalue weighted by molar-refractivity contribution is 8.07. The quantitative estimate of drug-likeness (QED) is 0.0542. The van der Waals surface area contributed by atoms with Gasteiger partial charge in [-0.1, -0.05) is 270 Å². The van der Waals surface area contributed by atoms with Gasteiger partial charge in [-0.2, -0.15) is 23.5 Å². The lowest BCUT2D eigenvalue weighted by molar-refractivity contribution is -0.0961. The molecule has 5 unspecified atom stereocenters. The summed E-state index contributed by atoms with van der Waals surface area (Å²) in [6.45, 7) is 10.6. The third-order valence-electron chi connectivity index (χ3n) is 21.4. The number of aliphatic hydroxyl groups is 1. The number of ether oxygens (including phenoxy) is 4. The first-order chi connectivity index (χ1) is 45.2. The van der Waals surface area contributed by atoms with Crippen LogP contribution in [0.1, 0.15) is 144 Å². The zero-order valence-corrected chi connectivity index (χ0v) is 55.2. The summed E-state index contributed by atoms with van der Waals surface area (Å²) in [5, 5.41) is 13.1. The first-order valence-corrected chi connectivity index (χ1v) is 35.6. The van der Waals surface area contributed by atoms with Gasteiger partial charge in [0.2, 0.25) is 0 Å². The van der Waals surface area contributed by atoms with Gasteiger partial charge in [0.25, 0.3) is 0 Å². The van der Waals surface area contributed by atoms with Gasteiger partial charge in [0, 0.05) is 43.7 Å². The van der Waals surface area contributed by atoms with Crippen LogP contribution in [0.2, 0.25) is 0 Å². The molecule has 14 rings (SSSR count). The Morgan fingerprint density at radius 3 is 0.957 bits per heavy atom. The molecule has 7 heteroatoms. The normalized spacial score (nSPS) is 20.4. The Balaban J connectivity index is 0.748. The lowest BCUT2D eigenvalue weighted by atomic mass is 9.64. The molecule has 5 atom stereocenters. The van der Waals surface area contributed by atoms with E-state index in [9.17, 15) is 5.11 Å². The Hall–Kier alpha value is -7.62. The maximum Gasteiger partial charge on any atom is 0.119 e. The van der Waals surface area contributed by atoms with E-state index in [0.717, 1.165) is 63.1 Å². The minimum absolute atomic E-state index is 0.0797. The number of rotatable bonds is 26. The van der Waals surface area contributed by atoms with E-state index >= 15 is 0 Å². The Kier molecular flexibility index (Phi) is 17.5. The number of fused-ring (bicyclic) bond motifs is 2. The zero-order valence-electron chi connectivity index (χ0n) is 53.5. The predicted molar refractivity (Wildman–Crippen MR) is 379 cm³/mol. The van der Waals surface area contributed by atoms with Gasteiger partial charge in [-0.05, 0) is 141 Å². The highest BCUT2D eigenvalue weighted by Crippen LogP contribution is 2.63. The topological polar surface area (TPSA) is 57.2 Å². The van der Waals surface area contributed by atoms with E-state index in [4.69, 9.17) is 18.9 Å². The van der Waals surface area contributed by atoms with E-state index in [2.05, 4.69) is 295 Å². The summed E-state index contributed by atoms with van der Waals surface area (Å²) >= 11 is 3.94. The number of hydrogen-bond acceptors (Lipinski definition) is 7. The van der Waals surface area contributed by atoms with Crippen LogP contribution < -0.4 is 9.47 Å². The molecule has 2 aliphatic heterocycles. The molecule has 4 aliphatic rings. The van der Waals surface area contributed by atoms with Crippen LogP contribution in [0.3, 0.4) is 0 Å². The molecule has 0 bridgehead atoms. The first kappa shape index (κ1) is 61.9. The van der Waals surface area contributed by atoms with Crippen LogP contribution in [0.4, 0.5) is 0 Å². The Morgan fingerprint density at radius 1 is 0.348 bits per heavy atom. The average Bonchev–Trinajstić information content (AvgIpc) is 1.54. The molecule has 92 heavy (non-hydrogen) atoms. The van der Waals surface area contributed by atoms with Crippen LogP contribution in [-0.2, 0) is 42.3 Å². The molecular formula is C85H84O5S2. The van der Waals surface area contributed by atoms with Gasteiger partial charge in [0.1, 0.15) is 30.8 Å². The molecule has 10 aromatic carbocycles. The molecule has 10 aromatic rings. The molecule has 0 radical (unpaired) electrons. The van der Waals surface area contributed by atoms with Crippen LogP contribution in [0.15, 0.2) is 267 Å². The molecule has 1 N–H and O–H groups in total. The third-order valence-corrected chi connectivity index (χ3v) is 23.3. The second-order valence-corrected chi connectivity index (χ2v) is 28.6. The summed E-state index contributed by atoms with van der Waals surface area (Å²) in [5.74, 6) is 3.95. The van der Waals surface area contributed by atoms with Gasteiger partial charge in [0.15, 0.2) is 0 Å². The van der Waals surface area contributed by atoms with Crippen LogP contribution in [0.25, 0.3) is 0 Å². The summed E-state index contributed by atoms with van der Waals surface area (Å²) in [5.41, 5.74) is 14.6. The van der Waals surface area contributed by atoms with E-state index in [0.29, 0.717) is 16.2 Å². The van der Waals surface area contributed by atoms with E-state index in [1.807, 2.05) is 23.5 Å². The first-order valence-electron chi connectivity index (χ1n) is 33.5. The molecule has 0 amide bonds. The Labute approximate surface area is 554 Å². The van der Waals surface area contributed by atoms with E-state index in [1.165, 1.54) is 83.8 Å². The smallest absolute Gasteiger partial charge is 0.119 e. The van der Waals surface area contributed by atoms with Crippen molar-refractivity contribution in [1.29, 1.82) is 0 Å². The van der Waals surface area contributed by atoms with E-state index in [-0.39, 0.29) is 18.8 Å². The van der Waals surface area contributed by atoms with Crippen molar-refractivity contribution in [2.75, 3.05) is 37.9 Å². The second-order valence-electron chi connectivity index (χ2n) is 25.9. The fourth-order valence-corrected chi connectivity index (χ4v) is 17.0. The molecule has 0 saturated carbocycles. The number of aliphatic hydroxyl groups excluding tert-OH is 1. The highest BCUT2D eigenvalue weighted by Gasteiger charge is 2.57. The monoisotopic (exact) mass is 1250 g/mol. The fraction of sp³-hybridized carbons (Fsp3) is 0.294. The SMILES string of the molecule is CCC(CC)(OCC(O)COc1ccc(C2(c3ccc(C(CC)(CC)OCC4CS4)cc3)CC(c3ccccc3)(c3ccccc3)c3ccccc32)cc1)c1ccc(C2(c3ccc(OCC4CS4)cc3)CC(c3ccccc3)(c3ccccc3)c3ccccc32)cc1. The van der Waals surface area contributed by atoms with Gasteiger partial charge >= 0.3 is 0 Å². The minimum atomic E-state index is -0.877. The summed E-state index contributed by atoms with van der Waals surface area (Å²) in [6.07, 6.45) is 3.97. The van der Waals surface area contributed by atoms with Gasteiger partial charge in [-0.15, -0.1) is 0 Å². The third kappa shape index (κ3) is 11.0. The molecule has 2 fully saturated rings. The Bertz CT molecular complexity index is 3990. The molecule has 0 spiro atoms. The predicted octanol–water partition coefficient (Wildman–Crippen LogP) is 18.9. The molecule has 466 valence electrons. The zero-order chi connectivity index (χ0) is 62.8. The van der Waals surface area contributed by atoms with Gasteiger partial charge < -0.3 is 24.1 Å². The van der Waals surface area contributed by atoms with E-state index < -0.39 is 33.4 Å². The number of benzene rings is 10. The van der Waals surface area contributed by atoms with E-state index in [1.54, 1.807) is 0 Å². The van der Waals surface area contributed by atoms with Crippen molar-refractivity contribution in [3.05, 3.63) is 345 Å². The van der Waals surface area contributed by atoms with Gasteiger partial charge in [0.05, 0.1) is 24.4 Å². The fourth-order valence-electron chi connectivity index (χ4n) is 16.2. The molecule has 2 heterocycles. The maximum absolute atomic E-state index is 11.9. The molecular weight excluding hydrogens is 1170 g/mol. The van der Waals surface area contributed by atoms with Crippen molar-refractivity contribution >= 4 is 23.5 Å².